The molecular weight excluding hydrogens is 208 g/mol. The molecule has 1 aliphatic rings. The lowest BCUT2D eigenvalue weighted by atomic mass is 9.83. The number of rotatable bonds is 3. The zero-order chi connectivity index (χ0) is 12.6. The van der Waals surface area contributed by atoms with E-state index in [1.54, 1.807) is 0 Å². The van der Waals surface area contributed by atoms with Crippen LogP contribution in [0, 0.1) is 6.92 Å². The van der Waals surface area contributed by atoms with E-state index in [1.807, 2.05) is 0 Å². The Hall–Kier alpha value is -0.820. The molecule has 0 aromatic heterocycles. The third kappa shape index (κ3) is 3.10. The van der Waals surface area contributed by atoms with E-state index >= 15 is 0 Å². The maximum absolute atomic E-state index is 5.46. The van der Waals surface area contributed by atoms with Gasteiger partial charge in [0.25, 0.3) is 0 Å². The van der Waals surface area contributed by atoms with Gasteiger partial charge in [0, 0.05) is 0 Å². The van der Waals surface area contributed by atoms with Crippen molar-refractivity contribution in [2.24, 2.45) is 0 Å². The Kier molecular flexibility index (Phi) is 3.31. The largest absolute Gasteiger partial charge is 0.370 e. The third-order valence-electron chi connectivity index (χ3n) is 3.66. The fraction of sp³-hybridized carbons (Fsp3) is 0.625. The summed E-state index contributed by atoms with van der Waals surface area (Å²) in [5.41, 5.74) is 4.56. The number of hydrogen-bond donors (Lipinski definition) is 0. The van der Waals surface area contributed by atoms with Crippen LogP contribution in [0.25, 0.3) is 0 Å². The van der Waals surface area contributed by atoms with Gasteiger partial charge in [-0.15, -0.1) is 0 Å². The molecule has 1 heteroatoms. The van der Waals surface area contributed by atoms with E-state index in [9.17, 15) is 0 Å². The molecule has 1 saturated heterocycles. The number of ether oxygens (including phenoxy) is 1. The van der Waals surface area contributed by atoms with E-state index in [-0.39, 0.29) is 5.41 Å². The maximum Gasteiger partial charge on any atom is 0.0842 e. The van der Waals surface area contributed by atoms with Crippen LogP contribution in [0.3, 0.4) is 0 Å². The molecule has 0 radical (unpaired) electrons. The summed E-state index contributed by atoms with van der Waals surface area (Å²) < 4.78 is 5.46. The number of aryl methyl sites for hydroxylation is 2. The van der Waals surface area contributed by atoms with Crippen molar-refractivity contribution < 1.29 is 4.74 Å². The summed E-state index contributed by atoms with van der Waals surface area (Å²) in [6.45, 7) is 11.2. The summed E-state index contributed by atoms with van der Waals surface area (Å²) in [6, 6.07) is 6.90. The molecule has 0 amide bonds. The van der Waals surface area contributed by atoms with Crippen LogP contribution in [0.15, 0.2) is 18.2 Å². The van der Waals surface area contributed by atoms with Crippen molar-refractivity contribution in [1.82, 2.24) is 0 Å². The Morgan fingerprint density at radius 1 is 1.24 bits per heavy atom. The topological polar surface area (TPSA) is 12.5 Å². The smallest absolute Gasteiger partial charge is 0.0842 e. The van der Waals surface area contributed by atoms with Gasteiger partial charge in [0.1, 0.15) is 0 Å². The first-order valence-electron chi connectivity index (χ1n) is 6.63. The monoisotopic (exact) mass is 232 g/mol. The minimum absolute atomic E-state index is 0.240. The van der Waals surface area contributed by atoms with E-state index in [1.165, 1.54) is 16.7 Å². The highest BCUT2D eigenvalue weighted by molar-refractivity contribution is 5.36. The van der Waals surface area contributed by atoms with Crippen molar-refractivity contribution in [2.45, 2.75) is 65.1 Å². The van der Waals surface area contributed by atoms with Gasteiger partial charge < -0.3 is 4.74 Å². The Labute approximate surface area is 105 Å². The first kappa shape index (κ1) is 12.6. The molecule has 94 valence electrons. The van der Waals surface area contributed by atoms with Gasteiger partial charge in [-0.2, -0.15) is 0 Å². The van der Waals surface area contributed by atoms with Gasteiger partial charge in [0.15, 0.2) is 0 Å². The minimum Gasteiger partial charge on any atom is -0.370 e. The first-order valence-corrected chi connectivity index (χ1v) is 6.63. The molecule has 17 heavy (non-hydrogen) atoms. The summed E-state index contributed by atoms with van der Waals surface area (Å²) in [6.07, 6.45) is 3.29. The van der Waals surface area contributed by atoms with Crippen molar-refractivity contribution >= 4 is 0 Å². The van der Waals surface area contributed by atoms with Crippen LogP contribution in [0.2, 0.25) is 0 Å². The molecule has 2 unspecified atom stereocenters. The minimum atomic E-state index is 0.240. The van der Waals surface area contributed by atoms with Gasteiger partial charge in [-0.1, -0.05) is 39.0 Å². The van der Waals surface area contributed by atoms with Crippen molar-refractivity contribution in [3.63, 3.8) is 0 Å². The van der Waals surface area contributed by atoms with Gasteiger partial charge in [-0.3, -0.25) is 0 Å². The Balaban J connectivity index is 2.08. The second-order valence-electron chi connectivity index (χ2n) is 6.32. The predicted molar refractivity (Wildman–Crippen MR) is 72.5 cm³/mol. The molecule has 0 N–H and O–H groups in total. The molecule has 1 fully saturated rings. The fourth-order valence-corrected chi connectivity index (χ4v) is 2.47. The lowest BCUT2D eigenvalue weighted by molar-refractivity contribution is 0.370. The second-order valence-corrected chi connectivity index (χ2v) is 6.32. The second kappa shape index (κ2) is 4.45. The van der Waals surface area contributed by atoms with E-state index in [0.717, 1.165) is 12.8 Å². The molecule has 0 saturated carbocycles. The Morgan fingerprint density at radius 2 is 1.88 bits per heavy atom. The van der Waals surface area contributed by atoms with Crippen molar-refractivity contribution in [3.05, 3.63) is 34.9 Å². The SMILES string of the molecule is Cc1ccc(CCC2OC2C)cc1C(C)(C)C. The molecule has 0 bridgehead atoms. The van der Waals surface area contributed by atoms with Crippen molar-refractivity contribution in [3.8, 4) is 0 Å². The zero-order valence-corrected chi connectivity index (χ0v) is 11.7. The summed E-state index contributed by atoms with van der Waals surface area (Å²) in [4.78, 5) is 0. The van der Waals surface area contributed by atoms with Gasteiger partial charge in [-0.25, -0.2) is 0 Å². The van der Waals surface area contributed by atoms with E-state index in [2.05, 4.69) is 52.8 Å². The molecule has 1 aliphatic heterocycles. The van der Waals surface area contributed by atoms with Crippen LogP contribution in [0.4, 0.5) is 0 Å². The summed E-state index contributed by atoms with van der Waals surface area (Å²) in [5, 5.41) is 0. The highest BCUT2D eigenvalue weighted by Gasteiger charge is 2.33. The molecule has 0 aliphatic carbocycles. The fourth-order valence-electron chi connectivity index (χ4n) is 2.47. The highest BCUT2D eigenvalue weighted by atomic mass is 16.6. The molecule has 2 rings (SSSR count). The van der Waals surface area contributed by atoms with E-state index in [0.29, 0.717) is 12.2 Å². The lowest BCUT2D eigenvalue weighted by Crippen LogP contribution is -2.13. The average Bonchev–Trinajstić information content (AvgIpc) is 2.92. The average molecular weight is 232 g/mol. The van der Waals surface area contributed by atoms with E-state index in [4.69, 9.17) is 4.74 Å². The van der Waals surface area contributed by atoms with Crippen LogP contribution >= 0.6 is 0 Å². The molecule has 2 atom stereocenters. The van der Waals surface area contributed by atoms with Crippen LogP contribution in [0.1, 0.15) is 50.8 Å². The van der Waals surface area contributed by atoms with E-state index < -0.39 is 0 Å². The van der Waals surface area contributed by atoms with Crippen molar-refractivity contribution in [1.29, 1.82) is 0 Å². The lowest BCUT2D eigenvalue weighted by Gasteiger charge is -2.22. The predicted octanol–water partition coefficient (Wildman–Crippen LogP) is 4.01. The van der Waals surface area contributed by atoms with Crippen molar-refractivity contribution in [2.75, 3.05) is 0 Å². The Morgan fingerprint density at radius 3 is 2.41 bits per heavy atom. The van der Waals surface area contributed by atoms with Gasteiger partial charge in [0.2, 0.25) is 0 Å². The molecule has 1 heterocycles. The molecule has 1 aromatic rings. The highest BCUT2D eigenvalue weighted by Crippen LogP contribution is 2.29. The summed E-state index contributed by atoms with van der Waals surface area (Å²) >= 11 is 0. The Bertz CT molecular complexity index is 400. The quantitative estimate of drug-likeness (QED) is 0.717. The van der Waals surface area contributed by atoms with Crippen LogP contribution in [-0.4, -0.2) is 12.2 Å². The molecule has 1 aromatic carbocycles. The summed E-state index contributed by atoms with van der Waals surface area (Å²) in [7, 11) is 0. The van der Waals surface area contributed by atoms with Gasteiger partial charge in [0.05, 0.1) is 12.2 Å². The standard InChI is InChI=1S/C16H24O/c1-11-6-7-13(8-9-15-12(2)17-15)10-14(11)16(3,4)5/h6-7,10,12,15H,8-9H2,1-5H3. The van der Waals surface area contributed by atoms with Gasteiger partial charge >= 0.3 is 0 Å². The summed E-state index contributed by atoms with van der Waals surface area (Å²) in [5.74, 6) is 0. The molecule has 0 spiro atoms. The van der Waals surface area contributed by atoms with Crippen LogP contribution in [0.5, 0.6) is 0 Å². The first-order chi connectivity index (χ1) is 7.88. The zero-order valence-electron chi connectivity index (χ0n) is 11.7. The normalized spacial score (nSPS) is 23.8. The number of hydrogen-bond acceptors (Lipinski definition) is 1. The number of epoxide rings is 1. The number of benzene rings is 1. The molecular formula is C16H24O. The van der Waals surface area contributed by atoms with Gasteiger partial charge in [-0.05, 0) is 48.8 Å². The van der Waals surface area contributed by atoms with Crippen LogP contribution < -0.4 is 0 Å². The third-order valence-corrected chi connectivity index (χ3v) is 3.66. The van der Waals surface area contributed by atoms with Crippen LogP contribution in [-0.2, 0) is 16.6 Å². The molecule has 1 nitrogen and oxygen atoms in total. The maximum atomic E-state index is 5.46.